The maximum atomic E-state index is 4.17. The van der Waals surface area contributed by atoms with Gasteiger partial charge in [-0.25, -0.2) is 0 Å². The van der Waals surface area contributed by atoms with Crippen molar-refractivity contribution in [3.05, 3.63) is 118 Å². The Balaban J connectivity index is 0.000000439. The predicted molar refractivity (Wildman–Crippen MR) is 199 cm³/mol. The largest absolute Gasteiger partial charge is 0.379 e. The van der Waals surface area contributed by atoms with E-state index in [2.05, 4.69) is 131 Å². The first-order chi connectivity index (χ1) is 21.3. The van der Waals surface area contributed by atoms with Gasteiger partial charge < -0.3 is 10.2 Å². The monoisotopic (exact) mass is 595 g/mol. The fraction of sp³-hybridized carbons (Fsp3) is 0.439. The molecule has 3 aromatic rings. The van der Waals surface area contributed by atoms with E-state index >= 15 is 0 Å². The molecular weight excluding hydrogens is 534 g/mol. The first kappa shape index (κ1) is 38.6. The minimum atomic E-state index is 0.854. The Hall–Kier alpha value is -3.43. The summed E-state index contributed by atoms with van der Waals surface area (Å²) >= 11 is 0. The molecular formula is C41H61N3. The second-order valence-electron chi connectivity index (χ2n) is 11.3. The van der Waals surface area contributed by atoms with Crippen LogP contribution in [-0.2, 0) is 19.3 Å². The molecule has 0 atom stereocenters. The van der Waals surface area contributed by atoms with E-state index in [1.165, 1.54) is 64.9 Å². The number of hydrogen-bond acceptors (Lipinski definition) is 3. The maximum absolute atomic E-state index is 4.17. The molecule has 0 spiro atoms. The van der Waals surface area contributed by atoms with E-state index in [4.69, 9.17) is 0 Å². The summed E-state index contributed by atoms with van der Waals surface area (Å²) in [4.78, 5) is 6.53. The van der Waals surface area contributed by atoms with Crippen LogP contribution in [0.5, 0.6) is 0 Å². The van der Waals surface area contributed by atoms with Gasteiger partial charge in [-0.1, -0.05) is 125 Å². The Morgan fingerprint density at radius 3 is 2.00 bits per heavy atom. The van der Waals surface area contributed by atoms with Crippen LogP contribution in [0.3, 0.4) is 0 Å². The normalized spacial score (nSPS) is 11.6. The number of aliphatic imine (C=N–C) groups is 1. The van der Waals surface area contributed by atoms with Gasteiger partial charge in [-0.2, -0.15) is 0 Å². The quantitative estimate of drug-likeness (QED) is 0.211. The first-order valence-corrected chi connectivity index (χ1v) is 16.8. The number of benzene rings is 3. The third-order valence-corrected chi connectivity index (χ3v) is 7.56. The lowest BCUT2D eigenvalue weighted by atomic mass is 9.97. The number of anilines is 1. The van der Waals surface area contributed by atoms with E-state index in [0.29, 0.717) is 0 Å². The van der Waals surface area contributed by atoms with Gasteiger partial charge in [-0.05, 0) is 113 Å². The van der Waals surface area contributed by atoms with Crippen molar-refractivity contribution in [2.24, 2.45) is 4.99 Å². The van der Waals surface area contributed by atoms with E-state index < -0.39 is 0 Å². The van der Waals surface area contributed by atoms with Crippen LogP contribution in [-0.4, -0.2) is 38.3 Å². The topological polar surface area (TPSA) is 27.6 Å². The molecule has 0 saturated heterocycles. The Morgan fingerprint density at radius 2 is 1.43 bits per heavy atom. The Kier molecular flexibility index (Phi) is 20.2. The van der Waals surface area contributed by atoms with Gasteiger partial charge in [0.05, 0.1) is 11.4 Å². The number of nitrogens with zero attached hydrogens (tertiary/aromatic N) is 2. The average molecular weight is 596 g/mol. The molecule has 1 aliphatic carbocycles. The molecule has 0 bridgehead atoms. The fourth-order valence-electron chi connectivity index (χ4n) is 5.13. The minimum Gasteiger partial charge on any atom is -0.379 e. The molecule has 1 aliphatic rings. The van der Waals surface area contributed by atoms with Crippen LogP contribution in [0.15, 0.2) is 95.0 Å². The summed E-state index contributed by atoms with van der Waals surface area (Å²) in [7, 11) is 2.17. The van der Waals surface area contributed by atoms with Crippen molar-refractivity contribution in [1.82, 2.24) is 4.90 Å². The zero-order valence-electron chi connectivity index (χ0n) is 29.5. The van der Waals surface area contributed by atoms with Crippen molar-refractivity contribution in [1.29, 1.82) is 0 Å². The van der Waals surface area contributed by atoms with E-state index in [1.807, 2.05) is 32.0 Å². The molecule has 0 unspecified atom stereocenters. The number of aryl methyl sites for hydroxylation is 4. The van der Waals surface area contributed by atoms with Crippen LogP contribution in [0.25, 0.3) is 0 Å². The van der Waals surface area contributed by atoms with Crippen molar-refractivity contribution in [3.63, 3.8) is 0 Å². The second kappa shape index (κ2) is 23.0. The van der Waals surface area contributed by atoms with Gasteiger partial charge in [0.15, 0.2) is 0 Å². The number of para-hydroxylation sites is 1. The lowest BCUT2D eigenvalue weighted by molar-refractivity contribution is 0.335. The van der Waals surface area contributed by atoms with E-state index in [-0.39, 0.29) is 0 Å². The van der Waals surface area contributed by atoms with Gasteiger partial charge in [0.2, 0.25) is 0 Å². The maximum Gasteiger partial charge on any atom is 0.0856 e. The highest BCUT2D eigenvalue weighted by Gasteiger charge is 2.12. The van der Waals surface area contributed by atoms with E-state index in [0.717, 1.165) is 43.6 Å². The minimum absolute atomic E-state index is 0.854. The molecule has 0 fully saturated rings. The predicted octanol–water partition coefficient (Wildman–Crippen LogP) is 11.1. The molecule has 44 heavy (non-hydrogen) atoms. The third-order valence-electron chi connectivity index (χ3n) is 7.56. The SMILES string of the molecule is C=Nc1cccc(CC)c1NCC1=CC=C(Cc2cc(C)ccc2C)C1.CC.CCCN(C)CCC.CCc1ccccc1. The van der Waals surface area contributed by atoms with Crippen LogP contribution in [0, 0.1) is 13.8 Å². The summed E-state index contributed by atoms with van der Waals surface area (Å²) < 4.78 is 0. The number of nitrogens with one attached hydrogen (secondary N) is 1. The molecule has 4 rings (SSSR count). The molecule has 240 valence electrons. The van der Waals surface area contributed by atoms with Gasteiger partial charge in [0.1, 0.15) is 0 Å². The standard InChI is InChI=1S/C24H28N2.C8H10.C7H17N.C2H6/c1-5-21-7-6-8-23(25-4)24(21)26-16-20-12-11-19(14-20)15-22-13-17(2)9-10-18(22)3;1-2-8-6-4-3-5-7-8;1-4-6-8(3)7-5-2;1-2/h6-13,26H,4-5,14-16H2,1-3H3;3-7H,2H2,1H3;4-7H2,1-3H3;1-2H3. The molecule has 0 amide bonds. The summed E-state index contributed by atoms with van der Waals surface area (Å²) in [5.41, 5.74) is 11.8. The second-order valence-corrected chi connectivity index (χ2v) is 11.3. The van der Waals surface area contributed by atoms with Crippen molar-refractivity contribution < 1.29 is 0 Å². The molecule has 0 aromatic heterocycles. The highest BCUT2D eigenvalue weighted by Crippen LogP contribution is 2.30. The summed E-state index contributed by atoms with van der Waals surface area (Å²) in [5, 5.41) is 3.60. The van der Waals surface area contributed by atoms with Crippen molar-refractivity contribution >= 4 is 18.1 Å². The molecule has 0 radical (unpaired) electrons. The van der Waals surface area contributed by atoms with Crippen LogP contribution < -0.4 is 5.32 Å². The van der Waals surface area contributed by atoms with Gasteiger partial charge >= 0.3 is 0 Å². The van der Waals surface area contributed by atoms with Gasteiger partial charge in [0.25, 0.3) is 0 Å². The van der Waals surface area contributed by atoms with Crippen LogP contribution in [0.1, 0.15) is 88.6 Å². The van der Waals surface area contributed by atoms with Gasteiger partial charge in [0, 0.05) is 6.54 Å². The van der Waals surface area contributed by atoms with Gasteiger partial charge in [-0.15, -0.1) is 0 Å². The summed E-state index contributed by atoms with van der Waals surface area (Å²) in [6.07, 6.45) is 11.3. The lowest BCUT2D eigenvalue weighted by Crippen LogP contribution is -2.19. The fourth-order valence-corrected chi connectivity index (χ4v) is 5.13. The van der Waals surface area contributed by atoms with E-state index in [1.54, 1.807) is 0 Å². The average Bonchev–Trinajstić information content (AvgIpc) is 3.51. The summed E-state index contributed by atoms with van der Waals surface area (Å²) in [5.74, 6) is 0. The number of hydrogen-bond donors (Lipinski definition) is 1. The molecule has 3 heteroatoms. The molecule has 1 N–H and O–H groups in total. The first-order valence-electron chi connectivity index (χ1n) is 16.8. The number of rotatable bonds is 12. The number of allylic oxidation sites excluding steroid dienone is 3. The molecule has 0 saturated carbocycles. The van der Waals surface area contributed by atoms with Crippen LogP contribution >= 0.6 is 0 Å². The van der Waals surface area contributed by atoms with Crippen LogP contribution in [0.4, 0.5) is 11.4 Å². The van der Waals surface area contributed by atoms with Crippen molar-refractivity contribution in [2.75, 3.05) is 32.0 Å². The molecule has 0 heterocycles. The Morgan fingerprint density at radius 1 is 0.773 bits per heavy atom. The molecule has 0 aliphatic heterocycles. The zero-order valence-corrected chi connectivity index (χ0v) is 29.5. The molecule has 3 nitrogen and oxygen atoms in total. The smallest absolute Gasteiger partial charge is 0.0856 e. The highest BCUT2D eigenvalue weighted by atomic mass is 15.1. The third kappa shape index (κ3) is 14.4. The Bertz CT molecular complexity index is 1260. The highest BCUT2D eigenvalue weighted by molar-refractivity contribution is 5.72. The summed E-state index contributed by atoms with van der Waals surface area (Å²) in [6.45, 7) is 24.2. The summed E-state index contributed by atoms with van der Waals surface area (Å²) in [6, 6.07) is 23.4. The zero-order chi connectivity index (χ0) is 32.7. The van der Waals surface area contributed by atoms with E-state index in [9.17, 15) is 0 Å². The van der Waals surface area contributed by atoms with Crippen molar-refractivity contribution in [2.45, 2.75) is 93.9 Å². The van der Waals surface area contributed by atoms with Crippen LogP contribution in [0.2, 0.25) is 0 Å². The van der Waals surface area contributed by atoms with Gasteiger partial charge in [-0.3, -0.25) is 4.99 Å². The Labute approximate surface area is 271 Å². The lowest BCUT2D eigenvalue weighted by Gasteiger charge is -2.15. The van der Waals surface area contributed by atoms with Crippen molar-refractivity contribution in [3.8, 4) is 0 Å². The molecule has 3 aromatic carbocycles.